The van der Waals surface area contributed by atoms with Crippen molar-refractivity contribution in [2.24, 2.45) is 0 Å². The second-order valence-electron chi connectivity index (χ2n) is 4.60. The van der Waals surface area contributed by atoms with Crippen molar-refractivity contribution in [2.45, 2.75) is 20.5 Å². The molecule has 0 aliphatic heterocycles. The van der Waals surface area contributed by atoms with E-state index in [1.165, 1.54) is 23.5 Å². The number of nitrogens with zero attached hydrogens (tertiary/aromatic N) is 4. The molecule has 1 aromatic carbocycles. The van der Waals surface area contributed by atoms with Crippen molar-refractivity contribution >= 4 is 11.3 Å². The molecule has 0 saturated carbocycles. The van der Waals surface area contributed by atoms with E-state index in [4.69, 9.17) is 0 Å². The quantitative estimate of drug-likeness (QED) is 0.808. The summed E-state index contributed by atoms with van der Waals surface area (Å²) in [4.78, 5) is 5.55. The van der Waals surface area contributed by atoms with Crippen LogP contribution in [0.4, 0.5) is 4.39 Å². The van der Waals surface area contributed by atoms with Crippen LogP contribution in [0.15, 0.2) is 24.3 Å². The summed E-state index contributed by atoms with van der Waals surface area (Å²) in [7, 11) is 0. The van der Waals surface area contributed by atoms with Gasteiger partial charge in [-0.05, 0) is 38.1 Å². The largest absolute Gasteiger partial charge is 0.390 e. The Hall–Kier alpha value is -2.12. The molecule has 2 heterocycles. The van der Waals surface area contributed by atoms with Crippen LogP contribution in [-0.2, 0) is 6.61 Å². The third kappa shape index (κ3) is 2.45. The molecule has 5 nitrogen and oxygen atoms in total. The average molecular weight is 304 g/mol. The van der Waals surface area contributed by atoms with Crippen molar-refractivity contribution in [1.82, 2.24) is 20.0 Å². The normalized spacial score (nSPS) is 11.0. The lowest BCUT2D eigenvalue weighted by Gasteiger charge is -2.05. The molecule has 21 heavy (non-hydrogen) atoms. The zero-order chi connectivity index (χ0) is 15.0. The first-order chi connectivity index (χ1) is 10.1. The van der Waals surface area contributed by atoms with E-state index < -0.39 is 0 Å². The number of aliphatic hydroxyl groups is 1. The van der Waals surface area contributed by atoms with Gasteiger partial charge >= 0.3 is 0 Å². The summed E-state index contributed by atoms with van der Waals surface area (Å²) in [5.41, 5.74) is 2.73. The minimum Gasteiger partial charge on any atom is -0.390 e. The van der Waals surface area contributed by atoms with Crippen LogP contribution < -0.4 is 0 Å². The highest BCUT2D eigenvalue weighted by atomic mass is 32.1. The van der Waals surface area contributed by atoms with Crippen LogP contribution >= 0.6 is 11.3 Å². The van der Waals surface area contributed by atoms with E-state index >= 15 is 0 Å². The number of benzene rings is 1. The number of aromatic nitrogens is 4. The number of halogens is 1. The average Bonchev–Trinajstić information content (AvgIpc) is 3.04. The summed E-state index contributed by atoms with van der Waals surface area (Å²) in [6.07, 6.45) is 0. The number of hydrogen-bond donors (Lipinski definition) is 1. The lowest BCUT2D eigenvalue weighted by atomic mass is 10.1. The molecule has 0 bridgehead atoms. The minimum atomic E-state index is -0.315. The molecule has 2 aromatic heterocycles. The molecule has 0 aliphatic rings. The SMILES string of the molecule is Cc1nc(-n2nnc(CO)c2-c2ccc(F)cc2)sc1C. The molecule has 0 aliphatic carbocycles. The summed E-state index contributed by atoms with van der Waals surface area (Å²) in [5.74, 6) is -0.315. The van der Waals surface area contributed by atoms with E-state index in [9.17, 15) is 9.50 Å². The van der Waals surface area contributed by atoms with Gasteiger partial charge in [0, 0.05) is 10.4 Å². The third-order valence-electron chi connectivity index (χ3n) is 3.21. The zero-order valence-electron chi connectivity index (χ0n) is 11.5. The zero-order valence-corrected chi connectivity index (χ0v) is 12.4. The highest BCUT2D eigenvalue weighted by Crippen LogP contribution is 2.28. The molecule has 7 heteroatoms. The highest BCUT2D eigenvalue weighted by molar-refractivity contribution is 7.14. The summed E-state index contributed by atoms with van der Waals surface area (Å²) >= 11 is 1.50. The Morgan fingerprint density at radius 1 is 1.24 bits per heavy atom. The van der Waals surface area contributed by atoms with Crippen molar-refractivity contribution in [2.75, 3.05) is 0 Å². The summed E-state index contributed by atoms with van der Waals surface area (Å²) in [5, 5.41) is 18.2. The predicted molar refractivity (Wildman–Crippen MR) is 77.8 cm³/mol. The van der Waals surface area contributed by atoms with Gasteiger partial charge in [-0.2, -0.15) is 4.68 Å². The van der Waals surface area contributed by atoms with Crippen molar-refractivity contribution in [3.05, 3.63) is 46.3 Å². The Kier molecular flexibility index (Phi) is 3.52. The van der Waals surface area contributed by atoms with E-state index in [-0.39, 0.29) is 12.4 Å². The van der Waals surface area contributed by atoms with Gasteiger partial charge < -0.3 is 5.11 Å². The first-order valence-corrected chi connectivity index (χ1v) is 7.17. The third-order valence-corrected chi connectivity index (χ3v) is 4.25. The Morgan fingerprint density at radius 3 is 2.52 bits per heavy atom. The van der Waals surface area contributed by atoms with Gasteiger partial charge in [0.25, 0.3) is 0 Å². The molecule has 108 valence electrons. The standard InChI is InChI=1S/C14H13FN4OS/c1-8-9(2)21-14(16-8)19-13(12(7-20)17-18-19)10-3-5-11(15)6-4-10/h3-6,20H,7H2,1-2H3. The van der Waals surface area contributed by atoms with Gasteiger partial charge in [-0.1, -0.05) is 16.6 Å². The van der Waals surface area contributed by atoms with Gasteiger partial charge in [-0.15, -0.1) is 5.10 Å². The molecule has 0 amide bonds. The molecule has 0 radical (unpaired) electrons. The van der Waals surface area contributed by atoms with Crippen LogP contribution in [0, 0.1) is 19.7 Å². The molecule has 0 unspecified atom stereocenters. The fourth-order valence-electron chi connectivity index (χ4n) is 2.00. The Labute approximate surface area is 124 Å². The maximum absolute atomic E-state index is 13.1. The van der Waals surface area contributed by atoms with Crippen molar-refractivity contribution in [1.29, 1.82) is 0 Å². The van der Waals surface area contributed by atoms with Crippen LogP contribution in [0.1, 0.15) is 16.3 Å². The highest BCUT2D eigenvalue weighted by Gasteiger charge is 2.18. The lowest BCUT2D eigenvalue weighted by Crippen LogP contribution is -2.00. The summed E-state index contributed by atoms with van der Waals surface area (Å²) < 4.78 is 14.7. The minimum absolute atomic E-state index is 0.240. The van der Waals surface area contributed by atoms with E-state index in [1.54, 1.807) is 16.8 Å². The number of thiazole rings is 1. The van der Waals surface area contributed by atoms with E-state index in [1.807, 2.05) is 13.8 Å². The van der Waals surface area contributed by atoms with E-state index in [0.29, 0.717) is 16.5 Å². The summed E-state index contributed by atoms with van der Waals surface area (Å²) in [6, 6.07) is 6.01. The van der Waals surface area contributed by atoms with Crippen LogP contribution in [0.5, 0.6) is 0 Å². The fourth-order valence-corrected chi connectivity index (χ4v) is 2.86. The monoisotopic (exact) mass is 304 g/mol. The fraction of sp³-hybridized carbons (Fsp3) is 0.214. The molecular weight excluding hydrogens is 291 g/mol. The van der Waals surface area contributed by atoms with Gasteiger partial charge in [0.05, 0.1) is 12.3 Å². The molecule has 3 rings (SSSR count). The van der Waals surface area contributed by atoms with Crippen LogP contribution in [-0.4, -0.2) is 25.1 Å². The Morgan fingerprint density at radius 2 is 1.95 bits per heavy atom. The summed E-state index contributed by atoms with van der Waals surface area (Å²) in [6.45, 7) is 3.67. The second kappa shape index (κ2) is 5.34. The topological polar surface area (TPSA) is 63.8 Å². The first kappa shape index (κ1) is 13.8. The van der Waals surface area contributed by atoms with Gasteiger partial charge in [-0.25, -0.2) is 9.37 Å². The number of hydrogen-bond acceptors (Lipinski definition) is 5. The molecular formula is C14H13FN4OS. The van der Waals surface area contributed by atoms with Gasteiger partial charge in [-0.3, -0.25) is 0 Å². The molecule has 0 spiro atoms. The van der Waals surface area contributed by atoms with Crippen LogP contribution in [0.2, 0.25) is 0 Å². The number of rotatable bonds is 3. The van der Waals surface area contributed by atoms with Gasteiger partial charge in [0.15, 0.2) is 0 Å². The molecule has 3 aromatic rings. The first-order valence-electron chi connectivity index (χ1n) is 6.36. The van der Waals surface area contributed by atoms with Crippen LogP contribution in [0.25, 0.3) is 16.4 Å². The van der Waals surface area contributed by atoms with Crippen molar-refractivity contribution < 1.29 is 9.50 Å². The van der Waals surface area contributed by atoms with Crippen molar-refractivity contribution in [3.63, 3.8) is 0 Å². The van der Waals surface area contributed by atoms with Gasteiger partial charge in [0.1, 0.15) is 17.2 Å². The smallest absolute Gasteiger partial charge is 0.212 e. The molecule has 0 atom stereocenters. The molecule has 0 saturated heterocycles. The predicted octanol–water partition coefficient (Wildman–Crippen LogP) is 2.64. The maximum Gasteiger partial charge on any atom is 0.212 e. The lowest BCUT2D eigenvalue weighted by molar-refractivity contribution is 0.277. The Balaban J connectivity index is 2.18. The molecule has 0 fully saturated rings. The Bertz CT molecular complexity index is 759. The number of aryl methyl sites for hydroxylation is 2. The van der Waals surface area contributed by atoms with Gasteiger partial charge in [0.2, 0.25) is 5.13 Å². The maximum atomic E-state index is 13.1. The van der Waals surface area contributed by atoms with Crippen molar-refractivity contribution in [3.8, 4) is 16.4 Å². The van der Waals surface area contributed by atoms with E-state index in [0.717, 1.165) is 16.1 Å². The second-order valence-corrected chi connectivity index (χ2v) is 5.78. The number of aliphatic hydroxyl groups excluding tert-OH is 1. The van der Waals surface area contributed by atoms with E-state index in [2.05, 4.69) is 15.3 Å². The van der Waals surface area contributed by atoms with Crippen LogP contribution in [0.3, 0.4) is 0 Å². The molecule has 1 N–H and O–H groups in total.